The fraction of sp³-hybridized carbons (Fsp3) is 0.213. The van der Waals surface area contributed by atoms with Gasteiger partial charge in [-0.05, 0) is 199 Å². The molecule has 1 heteroatoms. The van der Waals surface area contributed by atoms with Crippen LogP contribution in [-0.2, 0) is 24.7 Å². The molecule has 8 aromatic carbocycles. The summed E-state index contributed by atoms with van der Waals surface area (Å²) in [5, 5.41) is 0. The summed E-state index contributed by atoms with van der Waals surface area (Å²) in [6.45, 7) is 38.0. The van der Waals surface area contributed by atoms with Crippen LogP contribution >= 0.6 is 0 Å². The fourth-order valence-electron chi connectivity index (χ4n) is 12.1. The Balaban J connectivity index is 0.000000344. The number of fused-ring (bicyclic) bond motifs is 9. The molecule has 0 amide bonds. The second-order valence-electron chi connectivity index (χ2n) is 23.0. The second-order valence-corrected chi connectivity index (χ2v) is 23.0. The van der Waals surface area contributed by atoms with Gasteiger partial charge in [0.1, 0.15) is 0 Å². The number of hydrogen-bond acceptors (Lipinski definition) is 1. The second kappa shape index (κ2) is 39.0. The van der Waals surface area contributed by atoms with E-state index in [9.17, 15) is 0 Å². The van der Waals surface area contributed by atoms with Gasteiger partial charge >= 0.3 is 0 Å². The Morgan fingerprint density at radius 3 is 1.82 bits per heavy atom. The normalized spacial score (nSPS) is 15.5. The van der Waals surface area contributed by atoms with Gasteiger partial charge in [0, 0.05) is 17.1 Å². The molecule has 0 bridgehead atoms. The first-order valence-electron chi connectivity index (χ1n) is 34.7. The molecule has 1 unspecified atom stereocenters. The first-order chi connectivity index (χ1) is 46.5. The minimum absolute atomic E-state index is 0.507. The highest BCUT2D eigenvalue weighted by molar-refractivity contribution is 5.96. The van der Waals surface area contributed by atoms with E-state index in [1.54, 1.807) is 0 Å². The lowest BCUT2D eigenvalue weighted by Crippen LogP contribution is -2.23. The van der Waals surface area contributed by atoms with E-state index in [1.165, 1.54) is 100 Å². The molecule has 0 aromatic heterocycles. The maximum Gasteiger partial charge on any atom is 0.0659 e. The third-order valence-electron chi connectivity index (χ3n) is 17.2. The average molecular weight is 1250 g/mol. The van der Waals surface area contributed by atoms with Crippen LogP contribution in [0.15, 0.2) is 339 Å². The highest BCUT2D eigenvalue weighted by Crippen LogP contribution is 2.60. The Hall–Kier alpha value is -9.82. The molecule has 0 fully saturated rings. The number of hydrogen-bond donors (Lipinski definition) is 0. The van der Waals surface area contributed by atoms with Crippen LogP contribution in [0.3, 0.4) is 0 Å². The highest BCUT2D eigenvalue weighted by atomic mass is 15.1. The van der Waals surface area contributed by atoms with Gasteiger partial charge in [0.05, 0.1) is 5.41 Å². The van der Waals surface area contributed by atoms with Crippen LogP contribution in [0, 0.1) is 0 Å². The first kappa shape index (κ1) is 74.2. The van der Waals surface area contributed by atoms with Crippen molar-refractivity contribution in [2.75, 3.05) is 4.90 Å². The quantitative estimate of drug-likeness (QED) is 0.0872. The van der Waals surface area contributed by atoms with E-state index in [-0.39, 0.29) is 0 Å². The van der Waals surface area contributed by atoms with E-state index in [1.807, 2.05) is 53.7 Å². The van der Waals surface area contributed by atoms with Gasteiger partial charge in [0.2, 0.25) is 0 Å². The molecule has 95 heavy (non-hydrogen) atoms. The number of nitrogens with zero attached hydrogens (tertiary/aromatic N) is 1. The van der Waals surface area contributed by atoms with Crippen molar-refractivity contribution < 1.29 is 0 Å². The van der Waals surface area contributed by atoms with Gasteiger partial charge in [0.15, 0.2) is 0 Å². The number of anilines is 2. The molecule has 0 saturated carbocycles. The Morgan fingerprint density at radius 2 is 1.18 bits per heavy atom. The molecule has 8 aromatic rings. The SMILES string of the molecule is C/C=C(C)\C=C(/CC)c1ccccc1.C/C=C(\C=C(\C)CC)c1ccccc1.C=C/C(=C\C=C/Cc1ccccc1)N(c1cccc(-c2ccccc2)c1)c1ccc2c(c1)C1(C=C2/C=C\C(C)=C/C)c2ccccc2-c2c1ccc1c2CC(=C)/C=C\C=C/C1.CC.CC.CC. The van der Waals surface area contributed by atoms with Crippen LogP contribution in [0.2, 0.25) is 0 Å². The summed E-state index contributed by atoms with van der Waals surface area (Å²) in [7, 11) is 0. The zero-order chi connectivity index (χ0) is 68.5. The van der Waals surface area contributed by atoms with Crippen LogP contribution in [-0.4, -0.2) is 0 Å². The molecule has 0 radical (unpaired) electrons. The van der Waals surface area contributed by atoms with Crippen LogP contribution in [0.5, 0.6) is 0 Å². The third kappa shape index (κ3) is 19.2. The fourth-order valence-corrected chi connectivity index (χ4v) is 12.1. The van der Waals surface area contributed by atoms with Gasteiger partial charge < -0.3 is 4.90 Å². The maximum absolute atomic E-state index is 4.50. The lowest BCUT2D eigenvalue weighted by molar-refractivity contribution is 0.819. The summed E-state index contributed by atoms with van der Waals surface area (Å²) in [5.41, 5.74) is 28.5. The van der Waals surface area contributed by atoms with Gasteiger partial charge in [-0.1, -0.05) is 352 Å². The Labute approximate surface area is 574 Å². The van der Waals surface area contributed by atoms with Crippen molar-refractivity contribution in [2.45, 2.75) is 134 Å². The molecule has 0 saturated heterocycles. The van der Waals surface area contributed by atoms with Crippen molar-refractivity contribution >= 4 is 28.1 Å². The van der Waals surface area contributed by atoms with Crippen LogP contribution in [0.4, 0.5) is 11.4 Å². The topological polar surface area (TPSA) is 3.24 Å². The average Bonchev–Trinajstić information content (AvgIpc) is 1.52. The van der Waals surface area contributed by atoms with Gasteiger partial charge in [-0.3, -0.25) is 0 Å². The molecular weight excluding hydrogens is 1140 g/mol. The molecule has 0 aliphatic heterocycles. The van der Waals surface area contributed by atoms with E-state index < -0.39 is 5.41 Å². The number of allylic oxidation sites excluding steroid dienone is 23. The highest BCUT2D eigenvalue weighted by Gasteiger charge is 2.48. The molecule has 3 aliphatic rings. The molecule has 0 N–H and O–H groups in total. The summed E-state index contributed by atoms with van der Waals surface area (Å²) >= 11 is 0. The van der Waals surface area contributed by atoms with E-state index in [4.69, 9.17) is 0 Å². The Kier molecular flexibility index (Phi) is 30.5. The van der Waals surface area contributed by atoms with E-state index in [0.717, 1.165) is 60.3 Å². The molecule has 3 aliphatic carbocycles. The summed E-state index contributed by atoms with van der Waals surface area (Å²) in [6.07, 6.45) is 40.1. The van der Waals surface area contributed by atoms with Crippen LogP contribution in [0.1, 0.15) is 160 Å². The molecular formula is C94H105N. The molecule has 486 valence electrons. The molecule has 1 nitrogen and oxygen atoms in total. The van der Waals surface area contributed by atoms with Crippen LogP contribution < -0.4 is 4.90 Å². The zero-order valence-electron chi connectivity index (χ0n) is 59.7. The number of benzene rings is 8. The minimum Gasteiger partial charge on any atom is -0.310 e. The summed E-state index contributed by atoms with van der Waals surface area (Å²) in [4.78, 5) is 2.37. The lowest BCUT2D eigenvalue weighted by Gasteiger charge is -2.31. The van der Waals surface area contributed by atoms with E-state index in [2.05, 4.69) is 359 Å². The van der Waals surface area contributed by atoms with Crippen molar-refractivity contribution in [3.8, 4) is 22.3 Å². The first-order valence-corrected chi connectivity index (χ1v) is 34.7. The van der Waals surface area contributed by atoms with Gasteiger partial charge in [0.25, 0.3) is 0 Å². The van der Waals surface area contributed by atoms with Crippen molar-refractivity contribution in [3.05, 3.63) is 389 Å². The summed E-state index contributed by atoms with van der Waals surface area (Å²) in [6, 6.07) is 72.1. The third-order valence-corrected chi connectivity index (χ3v) is 17.2. The van der Waals surface area contributed by atoms with Gasteiger partial charge in [-0.25, -0.2) is 0 Å². The molecule has 0 heterocycles. The standard InChI is InChI=1S/C60H51N.2C14H18.3C2H6/c1-5-43(3)33-34-49-42-60(56-32-19-18-31-54(56)59-55-39-44(4)21-10-7-15-27-47(55)35-38-57(59)60)58-41-52(36-37-53(49)58)61(50(6-2)29-17-16-24-45-22-11-8-12-23-45)51-30-20-28-48(40-51)46-25-13-9-14-26-46;2*1-4-12(3)11-13(5-2)14-9-7-6-8-10-14;3*1-2/h5-23,25-26,28-38,40-42H,2,4,24,27,39H2,1,3H3;5-11H,4H2,1-3H3;4,6-11H,5H2,1-3H3;3*1-2H3/b15-7-,17-16-,21-10-,34-33-,43-5-,50-29+;12-11-,13-5+;12-4-,13-11+;;;. The summed E-state index contributed by atoms with van der Waals surface area (Å²) in [5.74, 6) is 0. The summed E-state index contributed by atoms with van der Waals surface area (Å²) < 4.78 is 0. The zero-order valence-corrected chi connectivity index (χ0v) is 59.7. The monoisotopic (exact) mass is 1250 g/mol. The molecule has 11 rings (SSSR count). The minimum atomic E-state index is -0.507. The maximum atomic E-state index is 4.50. The van der Waals surface area contributed by atoms with Crippen molar-refractivity contribution in [1.82, 2.24) is 0 Å². The molecule has 1 atom stereocenters. The van der Waals surface area contributed by atoms with Crippen molar-refractivity contribution in [1.29, 1.82) is 0 Å². The van der Waals surface area contributed by atoms with Gasteiger partial charge in [-0.15, -0.1) is 0 Å². The Morgan fingerprint density at radius 1 is 0.558 bits per heavy atom. The lowest BCUT2D eigenvalue weighted by atomic mass is 9.73. The predicted molar refractivity (Wildman–Crippen MR) is 423 cm³/mol. The van der Waals surface area contributed by atoms with Crippen LogP contribution in [0.25, 0.3) is 39.0 Å². The number of rotatable bonds is 16. The van der Waals surface area contributed by atoms with E-state index >= 15 is 0 Å². The van der Waals surface area contributed by atoms with Crippen molar-refractivity contribution in [2.24, 2.45) is 0 Å². The molecule has 1 spiro atoms. The van der Waals surface area contributed by atoms with E-state index in [0.29, 0.717) is 0 Å². The van der Waals surface area contributed by atoms with Gasteiger partial charge in [-0.2, -0.15) is 0 Å². The van der Waals surface area contributed by atoms with Crippen molar-refractivity contribution in [3.63, 3.8) is 0 Å². The predicted octanol–water partition coefficient (Wildman–Crippen LogP) is 27.3. The smallest absolute Gasteiger partial charge is 0.0659 e. The Bertz CT molecular complexity index is 4120. The largest absolute Gasteiger partial charge is 0.310 e.